The van der Waals surface area contributed by atoms with Gasteiger partial charge in [-0.2, -0.15) is 0 Å². The van der Waals surface area contributed by atoms with Crippen LogP contribution in [0.1, 0.15) is 18.9 Å². The molecule has 0 aliphatic carbocycles. The van der Waals surface area contributed by atoms with Crippen LogP contribution in [-0.2, 0) is 19.1 Å². The summed E-state index contributed by atoms with van der Waals surface area (Å²) in [4.78, 5) is 54.9. The highest BCUT2D eigenvalue weighted by molar-refractivity contribution is 5.97. The number of amides is 4. The third-order valence-electron chi connectivity index (χ3n) is 5.62. The van der Waals surface area contributed by atoms with E-state index in [0.29, 0.717) is 51.6 Å². The molecule has 0 spiro atoms. The molecule has 32 heavy (non-hydrogen) atoms. The van der Waals surface area contributed by atoms with Crippen LogP contribution in [0.3, 0.4) is 0 Å². The monoisotopic (exact) mass is 445 g/mol. The van der Waals surface area contributed by atoms with Gasteiger partial charge in [-0.3, -0.25) is 19.3 Å². The van der Waals surface area contributed by atoms with Crippen LogP contribution in [0.4, 0.5) is 10.5 Å². The van der Waals surface area contributed by atoms with Crippen molar-refractivity contribution >= 4 is 29.5 Å². The second-order valence-electron chi connectivity index (χ2n) is 7.97. The maximum atomic E-state index is 13.0. The van der Waals surface area contributed by atoms with Crippen LogP contribution in [0.25, 0.3) is 0 Å². The molecule has 3 rings (SSSR count). The van der Waals surface area contributed by atoms with Crippen molar-refractivity contribution in [1.29, 1.82) is 0 Å². The first-order valence-electron chi connectivity index (χ1n) is 10.9. The summed E-state index contributed by atoms with van der Waals surface area (Å²) in [5.74, 6) is -0.842. The van der Waals surface area contributed by atoms with Crippen LogP contribution in [0.5, 0.6) is 0 Å². The second-order valence-corrected chi connectivity index (χ2v) is 7.97. The summed E-state index contributed by atoms with van der Waals surface area (Å²) in [6.07, 6.45) is -0.451. The quantitative estimate of drug-likeness (QED) is 0.657. The molecule has 0 saturated carbocycles. The fourth-order valence-corrected chi connectivity index (χ4v) is 3.83. The predicted molar refractivity (Wildman–Crippen MR) is 118 cm³/mol. The Hall–Kier alpha value is -3.14. The van der Waals surface area contributed by atoms with E-state index in [0.717, 1.165) is 5.56 Å². The van der Waals surface area contributed by atoms with Gasteiger partial charge >= 0.3 is 6.09 Å². The number of piperazine rings is 2. The number of rotatable bonds is 6. The van der Waals surface area contributed by atoms with E-state index in [-0.39, 0.29) is 36.8 Å². The summed E-state index contributed by atoms with van der Waals surface area (Å²) in [7, 11) is 0. The number of hydrogen-bond acceptors (Lipinski definition) is 6. The maximum absolute atomic E-state index is 13.0. The zero-order chi connectivity index (χ0) is 23.1. The summed E-state index contributed by atoms with van der Waals surface area (Å²) in [6, 6.07) is 6.53. The fourth-order valence-electron chi connectivity index (χ4n) is 3.83. The summed E-state index contributed by atoms with van der Waals surface area (Å²) < 4.78 is 5.02. The summed E-state index contributed by atoms with van der Waals surface area (Å²) in [5.41, 5.74) is 1.73. The molecule has 2 N–H and O–H groups in total. The molecule has 0 bridgehead atoms. The molecule has 4 amide bonds. The van der Waals surface area contributed by atoms with E-state index in [1.165, 1.54) is 4.90 Å². The Morgan fingerprint density at radius 1 is 1.09 bits per heavy atom. The normalized spacial score (nSPS) is 19.3. The van der Waals surface area contributed by atoms with Crippen molar-refractivity contribution in [2.24, 2.45) is 0 Å². The second kappa shape index (κ2) is 10.9. The number of benzene rings is 1. The van der Waals surface area contributed by atoms with E-state index in [1.54, 1.807) is 24.0 Å². The van der Waals surface area contributed by atoms with Gasteiger partial charge in [0.1, 0.15) is 6.04 Å². The molecule has 174 valence electrons. The van der Waals surface area contributed by atoms with E-state index in [1.807, 2.05) is 24.0 Å². The molecule has 0 radical (unpaired) electrons. The minimum atomic E-state index is -0.845. The first-order valence-corrected chi connectivity index (χ1v) is 10.9. The van der Waals surface area contributed by atoms with Crippen LogP contribution in [0.2, 0.25) is 0 Å². The van der Waals surface area contributed by atoms with Crippen molar-refractivity contribution in [3.05, 3.63) is 29.8 Å². The Labute approximate surface area is 187 Å². The van der Waals surface area contributed by atoms with Gasteiger partial charge in [0.05, 0.1) is 19.6 Å². The van der Waals surface area contributed by atoms with E-state index < -0.39 is 6.04 Å². The van der Waals surface area contributed by atoms with Gasteiger partial charge in [-0.25, -0.2) is 4.79 Å². The van der Waals surface area contributed by atoms with Crippen molar-refractivity contribution in [2.45, 2.75) is 26.3 Å². The van der Waals surface area contributed by atoms with Gasteiger partial charge in [0.25, 0.3) is 0 Å². The lowest BCUT2D eigenvalue weighted by atomic mass is 10.1. The van der Waals surface area contributed by atoms with E-state index >= 15 is 0 Å². The van der Waals surface area contributed by atoms with Crippen molar-refractivity contribution in [2.75, 3.05) is 57.7 Å². The number of ether oxygens (including phenoxy) is 1. The number of hydrogen-bond donors (Lipinski definition) is 2. The fraction of sp³-hybridized carbons (Fsp3) is 0.545. The average Bonchev–Trinajstić information content (AvgIpc) is 2.77. The lowest BCUT2D eigenvalue weighted by Gasteiger charge is -2.38. The van der Waals surface area contributed by atoms with Gasteiger partial charge in [-0.05, 0) is 26.0 Å². The number of carbonyl (C=O) groups is 4. The van der Waals surface area contributed by atoms with Gasteiger partial charge < -0.3 is 25.2 Å². The third-order valence-corrected chi connectivity index (χ3v) is 5.62. The Morgan fingerprint density at radius 3 is 2.44 bits per heavy atom. The van der Waals surface area contributed by atoms with Crippen LogP contribution in [0.15, 0.2) is 24.3 Å². The third kappa shape index (κ3) is 6.19. The highest BCUT2D eigenvalue weighted by Crippen LogP contribution is 2.14. The van der Waals surface area contributed by atoms with Gasteiger partial charge in [0.15, 0.2) is 0 Å². The molecule has 2 saturated heterocycles. The van der Waals surface area contributed by atoms with E-state index in [2.05, 4.69) is 10.6 Å². The predicted octanol–water partition coefficient (Wildman–Crippen LogP) is 0.425. The Balaban J connectivity index is 1.54. The molecule has 2 fully saturated rings. The minimum absolute atomic E-state index is 0.109. The number of carbonyl (C=O) groups excluding carboxylic acids is 4. The molecule has 10 nitrogen and oxygen atoms in total. The molecule has 1 aromatic carbocycles. The van der Waals surface area contributed by atoms with Gasteiger partial charge in [-0.15, -0.1) is 0 Å². The Bertz CT molecular complexity index is 836. The van der Waals surface area contributed by atoms with Crippen LogP contribution in [0, 0.1) is 6.92 Å². The van der Waals surface area contributed by atoms with E-state index in [9.17, 15) is 19.2 Å². The smallest absolute Gasteiger partial charge is 0.409 e. The largest absolute Gasteiger partial charge is 0.450 e. The number of nitrogens with one attached hydrogen (secondary N) is 2. The molecule has 10 heteroatoms. The minimum Gasteiger partial charge on any atom is -0.450 e. The van der Waals surface area contributed by atoms with Crippen molar-refractivity contribution in [3.8, 4) is 0 Å². The number of aryl methyl sites for hydroxylation is 1. The molecule has 0 aromatic heterocycles. The highest BCUT2D eigenvalue weighted by atomic mass is 16.6. The SMILES string of the molecule is CCOC(=O)N1CCN(CC(=O)N2CCNC(=O)C2CC(=O)Nc2ccc(C)cc2)CC1. The number of nitrogens with zero attached hydrogens (tertiary/aromatic N) is 3. The molecule has 2 aliphatic rings. The molecular formula is C22H31N5O5. The molecule has 2 heterocycles. The van der Waals surface area contributed by atoms with E-state index in [4.69, 9.17) is 4.74 Å². The molecule has 1 atom stereocenters. The van der Waals surface area contributed by atoms with Crippen LogP contribution >= 0.6 is 0 Å². The van der Waals surface area contributed by atoms with Crippen molar-refractivity contribution in [1.82, 2.24) is 20.0 Å². The standard InChI is InChI=1S/C22H31N5O5/c1-3-32-22(31)26-12-10-25(11-13-26)15-20(29)27-9-8-23-21(30)18(27)14-19(28)24-17-6-4-16(2)5-7-17/h4-7,18H,3,8-15H2,1-2H3,(H,23,30)(H,24,28). The Kier molecular flexibility index (Phi) is 8.04. The van der Waals surface area contributed by atoms with Gasteiger partial charge in [-0.1, -0.05) is 17.7 Å². The lowest BCUT2D eigenvalue weighted by molar-refractivity contribution is -0.145. The molecular weight excluding hydrogens is 414 g/mol. The van der Waals surface area contributed by atoms with Crippen molar-refractivity contribution in [3.63, 3.8) is 0 Å². The first-order chi connectivity index (χ1) is 15.4. The van der Waals surface area contributed by atoms with Crippen molar-refractivity contribution < 1.29 is 23.9 Å². The van der Waals surface area contributed by atoms with Crippen LogP contribution < -0.4 is 10.6 Å². The summed E-state index contributed by atoms with van der Waals surface area (Å²) in [5, 5.41) is 5.53. The average molecular weight is 446 g/mol. The maximum Gasteiger partial charge on any atom is 0.409 e. The summed E-state index contributed by atoms with van der Waals surface area (Å²) in [6.45, 7) is 6.95. The molecule has 2 aliphatic heterocycles. The molecule has 1 aromatic rings. The topological polar surface area (TPSA) is 111 Å². The zero-order valence-electron chi connectivity index (χ0n) is 18.6. The number of anilines is 1. The first kappa shape index (κ1) is 23.5. The zero-order valence-corrected chi connectivity index (χ0v) is 18.6. The lowest BCUT2D eigenvalue weighted by Crippen LogP contribution is -2.60. The van der Waals surface area contributed by atoms with Crippen LogP contribution in [-0.4, -0.2) is 97.0 Å². The Morgan fingerprint density at radius 2 is 1.78 bits per heavy atom. The van der Waals surface area contributed by atoms with Gasteiger partial charge in [0.2, 0.25) is 17.7 Å². The molecule has 1 unspecified atom stereocenters. The van der Waals surface area contributed by atoms with Gasteiger partial charge in [0, 0.05) is 45.0 Å². The highest BCUT2D eigenvalue weighted by Gasteiger charge is 2.35. The summed E-state index contributed by atoms with van der Waals surface area (Å²) >= 11 is 0.